The summed E-state index contributed by atoms with van der Waals surface area (Å²) in [5, 5.41) is -0.0478. The van der Waals surface area contributed by atoms with Crippen LogP contribution in [0.5, 0.6) is 0 Å². The zero-order valence-corrected chi connectivity index (χ0v) is 8.55. The highest BCUT2D eigenvalue weighted by Crippen LogP contribution is 2.48. The fourth-order valence-corrected chi connectivity index (χ4v) is 2.33. The van der Waals surface area contributed by atoms with Crippen molar-refractivity contribution in [2.45, 2.75) is 6.18 Å². The van der Waals surface area contributed by atoms with Crippen LogP contribution in [0.1, 0.15) is 5.56 Å². The number of rotatable bonds is 1. The van der Waals surface area contributed by atoms with E-state index >= 15 is 0 Å². The molecule has 1 aromatic carbocycles. The molecule has 0 amide bonds. The normalized spacial score (nSPS) is 12.2. The fraction of sp³-hybridized carbons (Fsp3) is 0.143. The Morgan fingerprint density at radius 1 is 1.08 bits per heavy atom. The molecule has 0 saturated carbocycles. The lowest BCUT2D eigenvalue weighted by atomic mass is 10.2. The Morgan fingerprint density at radius 2 is 1.62 bits per heavy atom. The second-order valence-corrected chi connectivity index (χ2v) is 5.74. The maximum Gasteiger partial charge on any atom is 0.417 e. The molecule has 72 valence electrons. The van der Waals surface area contributed by atoms with Crippen LogP contribution in [0.4, 0.5) is 13.2 Å². The molecule has 0 aliphatic rings. The summed E-state index contributed by atoms with van der Waals surface area (Å²) in [4.78, 5) is 0. The maximum absolute atomic E-state index is 12.3. The molecule has 0 aromatic heterocycles. The fourth-order valence-electron chi connectivity index (χ4n) is 0.861. The molecule has 0 saturated heterocycles. The molecule has 0 nitrogen and oxygen atoms in total. The molecule has 0 fully saturated rings. The van der Waals surface area contributed by atoms with Crippen LogP contribution < -0.4 is 5.30 Å². The van der Waals surface area contributed by atoms with Gasteiger partial charge in [0, 0.05) is 5.30 Å². The van der Waals surface area contributed by atoms with Gasteiger partial charge >= 0.3 is 6.18 Å². The number of alkyl halides is 3. The highest BCUT2D eigenvalue weighted by Gasteiger charge is 2.34. The van der Waals surface area contributed by atoms with E-state index in [1.54, 1.807) is 0 Å². The molecule has 0 heterocycles. The van der Waals surface area contributed by atoms with Gasteiger partial charge in [-0.15, -0.1) is 0 Å². The Balaban J connectivity index is 3.20. The van der Waals surface area contributed by atoms with Crippen LogP contribution in [0.15, 0.2) is 24.3 Å². The van der Waals surface area contributed by atoms with Crippen molar-refractivity contribution in [2.24, 2.45) is 0 Å². The van der Waals surface area contributed by atoms with Gasteiger partial charge in [0.1, 0.15) is 6.63 Å². The summed E-state index contributed by atoms with van der Waals surface area (Å²) in [6, 6.07) is 5.04. The zero-order valence-electron chi connectivity index (χ0n) is 6.15. The molecule has 0 radical (unpaired) electrons. The van der Waals surface area contributed by atoms with Crippen molar-refractivity contribution in [1.29, 1.82) is 0 Å². The van der Waals surface area contributed by atoms with Gasteiger partial charge < -0.3 is 0 Å². The number of halogens is 5. The Kier molecular flexibility index (Phi) is 3.44. The van der Waals surface area contributed by atoms with Crippen LogP contribution in [0.25, 0.3) is 0 Å². The molecule has 1 aromatic rings. The Bertz CT molecular complexity index is 298. The molecule has 13 heavy (non-hydrogen) atoms. The van der Waals surface area contributed by atoms with E-state index in [0.29, 0.717) is 0 Å². The van der Waals surface area contributed by atoms with Gasteiger partial charge in [-0.25, -0.2) is 0 Å². The van der Waals surface area contributed by atoms with Gasteiger partial charge in [-0.3, -0.25) is 0 Å². The Hall–Kier alpha value is 0.0200. The largest absolute Gasteiger partial charge is 0.417 e. The number of benzene rings is 1. The Labute approximate surface area is 84.0 Å². The van der Waals surface area contributed by atoms with Crippen molar-refractivity contribution in [3.05, 3.63) is 29.8 Å². The first-order valence-corrected chi connectivity index (χ1v) is 6.36. The van der Waals surface area contributed by atoms with Crippen LogP contribution in [0.3, 0.4) is 0 Å². The summed E-state index contributed by atoms with van der Waals surface area (Å²) >= 11 is 10.9. The van der Waals surface area contributed by atoms with E-state index in [1.165, 1.54) is 18.2 Å². The van der Waals surface area contributed by atoms with E-state index in [9.17, 15) is 13.2 Å². The van der Waals surface area contributed by atoms with Crippen LogP contribution in [-0.2, 0) is 6.18 Å². The predicted molar refractivity (Wildman–Crippen MR) is 49.7 cm³/mol. The third-order valence-corrected chi connectivity index (χ3v) is 3.24. The number of hydrogen-bond donors (Lipinski definition) is 0. The van der Waals surface area contributed by atoms with E-state index in [4.69, 9.17) is 22.5 Å². The third-order valence-electron chi connectivity index (χ3n) is 1.39. The van der Waals surface area contributed by atoms with Gasteiger partial charge in [0.05, 0.1) is 5.56 Å². The smallest absolute Gasteiger partial charge is 0.166 e. The molecule has 0 aliphatic carbocycles. The third kappa shape index (κ3) is 2.73. The van der Waals surface area contributed by atoms with E-state index < -0.39 is 18.4 Å². The summed E-state index contributed by atoms with van der Waals surface area (Å²) in [5.41, 5.74) is -0.758. The van der Waals surface area contributed by atoms with Gasteiger partial charge in [0.15, 0.2) is 0 Å². The van der Waals surface area contributed by atoms with Gasteiger partial charge in [-0.1, -0.05) is 40.7 Å². The van der Waals surface area contributed by atoms with Crippen molar-refractivity contribution >= 4 is 34.4 Å². The number of hydrogen-bond acceptors (Lipinski definition) is 0. The Morgan fingerprint density at radius 3 is 2.00 bits per heavy atom. The zero-order chi connectivity index (χ0) is 10.1. The molecular weight excluding hydrogens is 243 g/mol. The van der Waals surface area contributed by atoms with Crippen LogP contribution in [0, 0.1) is 0 Å². The SMILES string of the molecule is FC(F)(F)c1ccccc1P(Cl)Cl. The van der Waals surface area contributed by atoms with Gasteiger partial charge in [-0.05, 0) is 6.07 Å². The quantitative estimate of drug-likeness (QED) is 0.654. The molecule has 0 atom stereocenters. The lowest BCUT2D eigenvalue weighted by Crippen LogP contribution is -2.15. The molecule has 0 bridgehead atoms. The molecular formula is C7H4Cl2F3P. The first-order chi connectivity index (χ1) is 5.93. The van der Waals surface area contributed by atoms with E-state index in [1.807, 2.05) is 0 Å². The van der Waals surface area contributed by atoms with Gasteiger partial charge in [-0.2, -0.15) is 13.2 Å². The topological polar surface area (TPSA) is 0 Å². The van der Waals surface area contributed by atoms with Crippen LogP contribution in [-0.4, -0.2) is 0 Å². The summed E-state index contributed by atoms with van der Waals surface area (Å²) in [6.07, 6.45) is -4.39. The van der Waals surface area contributed by atoms with Crippen molar-refractivity contribution in [3.8, 4) is 0 Å². The summed E-state index contributed by atoms with van der Waals surface area (Å²) in [7, 11) is 0. The molecule has 0 unspecified atom stereocenters. The average molecular weight is 247 g/mol. The van der Waals surface area contributed by atoms with Crippen LogP contribution in [0.2, 0.25) is 0 Å². The minimum atomic E-state index is -4.39. The molecule has 0 spiro atoms. The second kappa shape index (κ2) is 4.04. The maximum atomic E-state index is 12.3. The lowest BCUT2D eigenvalue weighted by Gasteiger charge is -2.11. The van der Waals surface area contributed by atoms with Gasteiger partial charge in [0.25, 0.3) is 0 Å². The predicted octanol–water partition coefficient (Wildman–Crippen LogP) is 4.12. The summed E-state index contributed by atoms with van der Waals surface area (Å²) < 4.78 is 36.9. The minimum Gasteiger partial charge on any atom is -0.166 e. The molecule has 1 rings (SSSR count). The minimum absolute atomic E-state index is 0.0478. The lowest BCUT2D eigenvalue weighted by molar-refractivity contribution is -0.136. The van der Waals surface area contributed by atoms with Gasteiger partial charge in [0.2, 0.25) is 0 Å². The highest BCUT2D eigenvalue weighted by atomic mass is 35.9. The molecule has 0 aliphatic heterocycles. The first kappa shape index (κ1) is 11.1. The van der Waals surface area contributed by atoms with E-state index in [-0.39, 0.29) is 5.30 Å². The highest BCUT2D eigenvalue weighted by molar-refractivity contribution is 8.08. The van der Waals surface area contributed by atoms with Crippen molar-refractivity contribution in [1.82, 2.24) is 0 Å². The van der Waals surface area contributed by atoms with Crippen LogP contribution >= 0.6 is 29.1 Å². The van der Waals surface area contributed by atoms with Crippen molar-refractivity contribution in [3.63, 3.8) is 0 Å². The molecule has 0 N–H and O–H groups in total. The standard InChI is InChI=1S/C7H4Cl2F3P/c8-13(9)6-4-2-1-3-5(6)7(10,11)12/h1-4H. The second-order valence-electron chi connectivity index (χ2n) is 2.25. The monoisotopic (exact) mass is 246 g/mol. The van der Waals surface area contributed by atoms with Crippen molar-refractivity contribution in [2.75, 3.05) is 0 Å². The van der Waals surface area contributed by atoms with E-state index in [2.05, 4.69) is 0 Å². The van der Waals surface area contributed by atoms with E-state index in [0.717, 1.165) is 6.07 Å². The summed E-state index contributed by atoms with van der Waals surface area (Å²) in [6.45, 7) is -1.76. The molecule has 6 heteroatoms. The average Bonchev–Trinajstić information content (AvgIpc) is 2.03. The first-order valence-electron chi connectivity index (χ1n) is 3.21. The summed E-state index contributed by atoms with van der Waals surface area (Å²) in [5.74, 6) is 0. The van der Waals surface area contributed by atoms with Crippen molar-refractivity contribution < 1.29 is 13.2 Å².